The molecule has 9 nitrogen and oxygen atoms in total. The Balaban J connectivity index is 2.87. The zero-order valence-electron chi connectivity index (χ0n) is 24.0. The van der Waals surface area contributed by atoms with Crippen LogP contribution in [-0.2, 0) is 35.1 Å². The van der Waals surface area contributed by atoms with Crippen molar-refractivity contribution < 1.29 is 38.1 Å². The first-order valence-electron chi connectivity index (χ1n) is 13.5. The van der Waals surface area contributed by atoms with Crippen molar-refractivity contribution >= 4 is 23.9 Å². The number of esters is 4. The molecule has 0 spiro atoms. The Hall–Kier alpha value is -2.94. The number of carbonyl (C=O) groups is 4. The molecule has 38 heavy (non-hydrogen) atoms. The minimum atomic E-state index is -1.02. The maximum atomic E-state index is 12.6. The van der Waals surface area contributed by atoms with Crippen molar-refractivity contribution in [3.8, 4) is 11.5 Å². The summed E-state index contributed by atoms with van der Waals surface area (Å²) in [5.41, 5.74) is 6.48. The van der Waals surface area contributed by atoms with Gasteiger partial charge in [-0.2, -0.15) is 0 Å². The van der Waals surface area contributed by atoms with E-state index in [9.17, 15) is 19.2 Å². The molecule has 214 valence electrons. The average molecular weight is 536 g/mol. The van der Waals surface area contributed by atoms with Gasteiger partial charge in [-0.15, -0.1) is 0 Å². The van der Waals surface area contributed by atoms with Crippen LogP contribution in [0.5, 0.6) is 11.5 Å². The zero-order chi connectivity index (χ0) is 28.9. The molecule has 1 rings (SSSR count). The van der Waals surface area contributed by atoms with E-state index in [0.29, 0.717) is 18.4 Å². The molecule has 0 heterocycles. The Morgan fingerprint density at radius 1 is 0.816 bits per heavy atom. The van der Waals surface area contributed by atoms with E-state index in [-0.39, 0.29) is 48.6 Å². The summed E-state index contributed by atoms with van der Waals surface area (Å²) in [6.45, 7) is 13.0. The van der Waals surface area contributed by atoms with E-state index in [1.807, 2.05) is 34.6 Å². The van der Waals surface area contributed by atoms with Gasteiger partial charge in [0.15, 0.2) is 11.5 Å². The molecule has 1 aromatic rings. The third-order valence-electron chi connectivity index (χ3n) is 5.64. The number of hydrogen-bond acceptors (Lipinski definition) is 9. The molecule has 0 saturated heterocycles. The standard InChI is InChI=1S/C29H45NO8/c1-8-10-12-25(31)37-23-15-14-21(17-24(23)38-26(32)13-11-9-2)16-22(30)28(34)36-20(4)19(3)35-27(33)18-29(5,6)7/h14-15,17,19-20,22H,8-13,16,18,30H2,1-7H3/t19?,20-,22-/m0/s1. The summed E-state index contributed by atoms with van der Waals surface area (Å²) in [5, 5.41) is 0. The first kappa shape index (κ1) is 33.1. The Labute approximate surface area is 226 Å². The normalized spacial score (nSPS) is 13.7. The van der Waals surface area contributed by atoms with Crippen LogP contribution in [0.2, 0.25) is 0 Å². The molecule has 9 heteroatoms. The molecule has 0 fully saturated rings. The van der Waals surface area contributed by atoms with Gasteiger partial charge in [-0.3, -0.25) is 19.2 Å². The van der Waals surface area contributed by atoms with E-state index in [4.69, 9.17) is 24.7 Å². The molecule has 2 N–H and O–H groups in total. The molecule has 0 aliphatic rings. The second-order valence-electron chi connectivity index (χ2n) is 10.8. The summed E-state index contributed by atoms with van der Waals surface area (Å²) in [6.07, 6.45) is 2.51. The Bertz CT molecular complexity index is 937. The fourth-order valence-corrected chi connectivity index (χ4v) is 3.31. The van der Waals surface area contributed by atoms with Crippen molar-refractivity contribution in [2.75, 3.05) is 0 Å². The van der Waals surface area contributed by atoms with Crippen LogP contribution in [0, 0.1) is 5.41 Å². The predicted octanol–water partition coefficient (Wildman–Crippen LogP) is 5.05. The van der Waals surface area contributed by atoms with Gasteiger partial charge in [0.05, 0.1) is 6.42 Å². The van der Waals surface area contributed by atoms with E-state index < -0.39 is 36.2 Å². The number of carbonyl (C=O) groups excluding carboxylic acids is 4. The molecule has 0 aliphatic heterocycles. The van der Waals surface area contributed by atoms with Crippen LogP contribution >= 0.6 is 0 Å². The maximum Gasteiger partial charge on any atom is 0.323 e. The van der Waals surface area contributed by atoms with Gasteiger partial charge in [0.25, 0.3) is 0 Å². The van der Waals surface area contributed by atoms with Crippen LogP contribution in [0.3, 0.4) is 0 Å². The van der Waals surface area contributed by atoms with E-state index in [0.717, 1.165) is 12.8 Å². The van der Waals surface area contributed by atoms with E-state index in [2.05, 4.69) is 0 Å². The lowest BCUT2D eigenvalue weighted by Crippen LogP contribution is -2.39. The topological polar surface area (TPSA) is 131 Å². The highest BCUT2D eigenvalue weighted by atomic mass is 16.6. The van der Waals surface area contributed by atoms with Crippen molar-refractivity contribution in [3.05, 3.63) is 23.8 Å². The quantitative estimate of drug-likeness (QED) is 0.242. The monoisotopic (exact) mass is 535 g/mol. The van der Waals surface area contributed by atoms with Crippen LogP contribution in [-0.4, -0.2) is 42.1 Å². The highest BCUT2D eigenvalue weighted by Crippen LogP contribution is 2.30. The molecule has 0 aliphatic carbocycles. The molecule has 0 amide bonds. The highest BCUT2D eigenvalue weighted by Gasteiger charge is 2.26. The SMILES string of the molecule is CCCCC(=O)Oc1ccc(C[C@H](N)C(=O)O[C@@H](C)C(C)OC(=O)CC(C)(C)C)cc1OC(=O)CCCC. The lowest BCUT2D eigenvalue weighted by molar-refractivity contribution is -0.167. The number of hydrogen-bond donors (Lipinski definition) is 1. The fraction of sp³-hybridized carbons (Fsp3) is 0.655. The second-order valence-corrected chi connectivity index (χ2v) is 10.8. The third kappa shape index (κ3) is 13.0. The van der Waals surface area contributed by atoms with Crippen molar-refractivity contribution in [2.45, 2.75) is 118 Å². The second kappa shape index (κ2) is 16.1. The van der Waals surface area contributed by atoms with Gasteiger partial charge < -0.3 is 24.7 Å². The molecule has 3 atom stereocenters. The molecule has 0 bridgehead atoms. The van der Waals surface area contributed by atoms with Crippen molar-refractivity contribution in [3.63, 3.8) is 0 Å². The maximum absolute atomic E-state index is 12.6. The van der Waals surface area contributed by atoms with E-state index in [1.165, 1.54) is 6.07 Å². The van der Waals surface area contributed by atoms with E-state index >= 15 is 0 Å². The van der Waals surface area contributed by atoms with Gasteiger partial charge >= 0.3 is 23.9 Å². The van der Waals surface area contributed by atoms with Crippen LogP contribution < -0.4 is 15.2 Å². The third-order valence-corrected chi connectivity index (χ3v) is 5.64. The van der Waals surface area contributed by atoms with Gasteiger partial charge in [0.2, 0.25) is 0 Å². The highest BCUT2D eigenvalue weighted by molar-refractivity contribution is 5.77. The summed E-state index contributed by atoms with van der Waals surface area (Å²) >= 11 is 0. The lowest BCUT2D eigenvalue weighted by Gasteiger charge is -2.24. The number of rotatable bonds is 15. The average Bonchev–Trinajstić information content (AvgIpc) is 2.81. The first-order chi connectivity index (χ1) is 17.7. The van der Waals surface area contributed by atoms with Crippen molar-refractivity contribution in [1.82, 2.24) is 0 Å². The molecule has 0 radical (unpaired) electrons. The Kier molecular flexibility index (Phi) is 14.0. The Morgan fingerprint density at radius 3 is 1.87 bits per heavy atom. The smallest absolute Gasteiger partial charge is 0.323 e. The summed E-state index contributed by atoms with van der Waals surface area (Å²) in [7, 11) is 0. The van der Waals surface area contributed by atoms with Gasteiger partial charge in [0.1, 0.15) is 18.2 Å². The first-order valence-corrected chi connectivity index (χ1v) is 13.5. The van der Waals surface area contributed by atoms with Gasteiger partial charge in [-0.1, -0.05) is 53.5 Å². The van der Waals surface area contributed by atoms with Crippen molar-refractivity contribution in [1.29, 1.82) is 0 Å². The largest absolute Gasteiger partial charge is 0.459 e. The number of ether oxygens (including phenoxy) is 4. The minimum Gasteiger partial charge on any atom is -0.459 e. The summed E-state index contributed by atoms with van der Waals surface area (Å²) in [4.78, 5) is 49.1. The molecule has 0 saturated carbocycles. The van der Waals surface area contributed by atoms with Gasteiger partial charge in [-0.05, 0) is 56.2 Å². The molecule has 1 unspecified atom stereocenters. The summed E-state index contributed by atoms with van der Waals surface area (Å²) in [6, 6.07) is 3.70. The van der Waals surface area contributed by atoms with Gasteiger partial charge in [0, 0.05) is 12.8 Å². The van der Waals surface area contributed by atoms with Crippen LogP contribution in [0.1, 0.15) is 99.0 Å². The molecule has 0 aromatic heterocycles. The Morgan fingerprint density at radius 2 is 1.34 bits per heavy atom. The van der Waals surface area contributed by atoms with Crippen LogP contribution in [0.4, 0.5) is 0 Å². The van der Waals surface area contributed by atoms with Crippen LogP contribution in [0.15, 0.2) is 18.2 Å². The van der Waals surface area contributed by atoms with E-state index in [1.54, 1.807) is 26.0 Å². The summed E-state index contributed by atoms with van der Waals surface area (Å²) in [5.74, 6) is -1.65. The fourth-order valence-electron chi connectivity index (χ4n) is 3.31. The molecule has 1 aromatic carbocycles. The number of benzene rings is 1. The number of nitrogens with two attached hydrogens (primary N) is 1. The minimum absolute atomic E-state index is 0.0906. The van der Waals surface area contributed by atoms with Gasteiger partial charge in [-0.25, -0.2) is 0 Å². The molecular weight excluding hydrogens is 490 g/mol. The van der Waals surface area contributed by atoms with Crippen LogP contribution in [0.25, 0.3) is 0 Å². The van der Waals surface area contributed by atoms with Crippen molar-refractivity contribution in [2.24, 2.45) is 11.1 Å². The molecular formula is C29H45NO8. The predicted molar refractivity (Wildman–Crippen MR) is 144 cm³/mol. The lowest BCUT2D eigenvalue weighted by atomic mass is 9.92. The summed E-state index contributed by atoms with van der Waals surface area (Å²) < 4.78 is 21.7. The zero-order valence-corrected chi connectivity index (χ0v) is 24.0. The number of unbranched alkanes of at least 4 members (excludes halogenated alkanes) is 2.